The number of anilines is 1. The Morgan fingerprint density at radius 1 is 1.20 bits per heavy atom. The van der Waals surface area contributed by atoms with Crippen LogP contribution in [0.15, 0.2) is 24.3 Å². The maximum atomic E-state index is 13.7. The van der Waals surface area contributed by atoms with Crippen molar-refractivity contribution in [1.29, 1.82) is 0 Å². The molecule has 0 bridgehead atoms. The van der Waals surface area contributed by atoms with Gasteiger partial charge in [-0.2, -0.15) is 0 Å². The third kappa shape index (κ3) is 4.17. The van der Waals surface area contributed by atoms with Crippen molar-refractivity contribution in [2.24, 2.45) is 0 Å². The van der Waals surface area contributed by atoms with Gasteiger partial charge in [-0.05, 0) is 30.7 Å². The highest BCUT2D eigenvalue weighted by atomic mass is 35.5. The molecule has 8 heteroatoms. The van der Waals surface area contributed by atoms with Crippen LogP contribution in [0.5, 0.6) is 11.5 Å². The van der Waals surface area contributed by atoms with Gasteiger partial charge < -0.3 is 14.8 Å². The van der Waals surface area contributed by atoms with Crippen LogP contribution in [0.2, 0.25) is 5.02 Å². The van der Waals surface area contributed by atoms with Crippen molar-refractivity contribution >= 4 is 23.2 Å². The van der Waals surface area contributed by atoms with Crippen LogP contribution >= 0.6 is 11.6 Å². The Labute approximate surface area is 147 Å². The number of carbonyl (C=O) groups excluding carboxylic acids is 1. The second-order valence-electron chi connectivity index (χ2n) is 5.01. The van der Waals surface area contributed by atoms with E-state index in [4.69, 9.17) is 21.1 Å². The molecule has 1 amide bonds. The summed E-state index contributed by atoms with van der Waals surface area (Å²) in [4.78, 5) is 12.3. The molecular formula is C17H15ClF3NO3. The van der Waals surface area contributed by atoms with Gasteiger partial charge in [-0.15, -0.1) is 0 Å². The van der Waals surface area contributed by atoms with Crippen LogP contribution in [0.4, 0.5) is 18.9 Å². The first-order valence-electron chi connectivity index (χ1n) is 7.34. The molecule has 4 nitrogen and oxygen atoms in total. The van der Waals surface area contributed by atoms with E-state index in [1.165, 1.54) is 19.2 Å². The zero-order valence-electron chi connectivity index (χ0n) is 13.5. The maximum absolute atomic E-state index is 13.7. The van der Waals surface area contributed by atoms with Crippen LogP contribution in [-0.2, 0) is 0 Å². The van der Waals surface area contributed by atoms with E-state index in [1.54, 1.807) is 0 Å². The van der Waals surface area contributed by atoms with Crippen LogP contribution in [-0.4, -0.2) is 19.6 Å². The number of nitrogens with one attached hydrogen (secondary N) is 1. The van der Waals surface area contributed by atoms with Crippen LogP contribution in [0.25, 0.3) is 0 Å². The molecule has 25 heavy (non-hydrogen) atoms. The Balaban J connectivity index is 2.31. The Kier molecular flexibility index (Phi) is 6.14. The lowest BCUT2D eigenvalue weighted by Gasteiger charge is -2.14. The lowest BCUT2D eigenvalue weighted by Crippen LogP contribution is -2.14. The second-order valence-corrected chi connectivity index (χ2v) is 5.42. The van der Waals surface area contributed by atoms with Crippen molar-refractivity contribution in [3.8, 4) is 11.5 Å². The first kappa shape index (κ1) is 18.9. The van der Waals surface area contributed by atoms with E-state index in [-0.39, 0.29) is 22.1 Å². The topological polar surface area (TPSA) is 47.6 Å². The molecule has 0 radical (unpaired) electrons. The molecule has 1 N–H and O–H groups in total. The Morgan fingerprint density at radius 2 is 1.92 bits per heavy atom. The van der Waals surface area contributed by atoms with Crippen molar-refractivity contribution in [2.75, 3.05) is 19.0 Å². The van der Waals surface area contributed by atoms with Gasteiger partial charge in [0.1, 0.15) is 0 Å². The molecule has 0 aliphatic rings. The minimum atomic E-state index is -1.67. The molecule has 0 aliphatic carbocycles. The van der Waals surface area contributed by atoms with Gasteiger partial charge >= 0.3 is 0 Å². The summed E-state index contributed by atoms with van der Waals surface area (Å²) in [6.07, 6.45) is 0.747. The molecule has 0 saturated heterocycles. The predicted molar refractivity (Wildman–Crippen MR) is 88.1 cm³/mol. The third-order valence-corrected chi connectivity index (χ3v) is 3.51. The van der Waals surface area contributed by atoms with Gasteiger partial charge in [0, 0.05) is 5.56 Å². The number of ether oxygens (including phenoxy) is 2. The van der Waals surface area contributed by atoms with E-state index < -0.39 is 29.0 Å². The first-order valence-corrected chi connectivity index (χ1v) is 7.72. The SMILES string of the molecule is CCCOc1c(Cl)cc(C(=O)Nc2ccc(F)c(F)c2F)cc1OC. The van der Waals surface area contributed by atoms with Crippen LogP contribution in [0.1, 0.15) is 23.7 Å². The number of benzene rings is 2. The van der Waals surface area contributed by atoms with E-state index in [9.17, 15) is 18.0 Å². The number of methoxy groups -OCH3 is 1. The highest BCUT2D eigenvalue weighted by molar-refractivity contribution is 6.32. The summed E-state index contributed by atoms with van der Waals surface area (Å²) < 4.78 is 50.5. The van der Waals surface area contributed by atoms with Crippen molar-refractivity contribution in [1.82, 2.24) is 0 Å². The number of amides is 1. The molecule has 0 spiro atoms. The normalized spacial score (nSPS) is 10.5. The molecule has 0 unspecified atom stereocenters. The Bertz CT molecular complexity index is 799. The van der Waals surface area contributed by atoms with Crippen molar-refractivity contribution < 1.29 is 27.4 Å². The minimum Gasteiger partial charge on any atom is -0.493 e. The lowest BCUT2D eigenvalue weighted by molar-refractivity contribution is 0.102. The highest BCUT2D eigenvalue weighted by Gasteiger charge is 2.19. The van der Waals surface area contributed by atoms with Gasteiger partial charge in [-0.25, -0.2) is 13.2 Å². The molecule has 0 aromatic heterocycles. The zero-order valence-corrected chi connectivity index (χ0v) is 14.2. The quantitative estimate of drug-likeness (QED) is 0.739. The fraction of sp³-hybridized carbons (Fsp3) is 0.235. The van der Waals surface area contributed by atoms with E-state index in [0.29, 0.717) is 12.7 Å². The first-order chi connectivity index (χ1) is 11.9. The number of hydrogen-bond acceptors (Lipinski definition) is 3. The van der Waals surface area contributed by atoms with E-state index in [0.717, 1.165) is 12.5 Å². The van der Waals surface area contributed by atoms with Gasteiger partial charge in [-0.1, -0.05) is 18.5 Å². The maximum Gasteiger partial charge on any atom is 0.255 e. The van der Waals surface area contributed by atoms with Crippen LogP contribution < -0.4 is 14.8 Å². The summed E-state index contributed by atoms with van der Waals surface area (Å²) in [7, 11) is 1.38. The van der Waals surface area contributed by atoms with Crippen molar-refractivity contribution in [2.45, 2.75) is 13.3 Å². The fourth-order valence-electron chi connectivity index (χ4n) is 2.01. The van der Waals surface area contributed by atoms with E-state index in [1.807, 2.05) is 6.92 Å². The smallest absolute Gasteiger partial charge is 0.255 e. The summed E-state index contributed by atoms with van der Waals surface area (Å²) in [6, 6.07) is 4.29. The van der Waals surface area contributed by atoms with Gasteiger partial charge in [0.25, 0.3) is 5.91 Å². The van der Waals surface area contributed by atoms with Crippen LogP contribution in [0, 0.1) is 17.5 Å². The molecule has 0 saturated carbocycles. The minimum absolute atomic E-state index is 0.0369. The number of rotatable bonds is 6. The number of hydrogen-bond donors (Lipinski definition) is 1. The Hall–Kier alpha value is -2.41. The largest absolute Gasteiger partial charge is 0.493 e. The molecule has 134 valence electrons. The molecule has 0 atom stereocenters. The van der Waals surface area contributed by atoms with E-state index >= 15 is 0 Å². The third-order valence-electron chi connectivity index (χ3n) is 3.23. The van der Waals surface area contributed by atoms with Crippen molar-refractivity contribution in [3.05, 3.63) is 52.3 Å². The standard InChI is InChI=1S/C17H15ClF3NO3/c1-3-6-25-16-10(18)7-9(8-13(16)24-2)17(23)22-12-5-4-11(19)14(20)15(12)21/h4-5,7-8H,3,6H2,1-2H3,(H,22,23). The summed E-state index contributed by atoms with van der Waals surface area (Å²) in [5.41, 5.74) is -0.458. The molecule has 0 fully saturated rings. The molecule has 0 heterocycles. The molecule has 2 aromatic rings. The Morgan fingerprint density at radius 3 is 2.56 bits per heavy atom. The molecule has 0 aliphatic heterocycles. The molecule has 2 aromatic carbocycles. The average Bonchev–Trinajstić information content (AvgIpc) is 2.60. The van der Waals surface area contributed by atoms with Crippen molar-refractivity contribution in [3.63, 3.8) is 0 Å². The summed E-state index contributed by atoms with van der Waals surface area (Å²) >= 11 is 6.10. The van der Waals surface area contributed by atoms with Gasteiger partial charge in [-0.3, -0.25) is 4.79 Å². The summed E-state index contributed by atoms with van der Waals surface area (Å²) in [5.74, 6) is -4.78. The lowest BCUT2D eigenvalue weighted by atomic mass is 10.1. The average molecular weight is 374 g/mol. The monoisotopic (exact) mass is 373 g/mol. The number of halogens is 4. The molecular weight excluding hydrogens is 359 g/mol. The zero-order chi connectivity index (χ0) is 18.6. The highest BCUT2D eigenvalue weighted by Crippen LogP contribution is 2.36. The summed E-state index contributed by atoms with van der Waals surface area (Å²) in [6.45, 7) is 2.32. The second kappa shape index (κ2) is 8.11. The van der Waals surface area contributed by atoms with Gasteiger partial charge in [0.15, 0.2) is 29.0 Å². The van der Waals surface area contributed by atoms with Crippen LogP contribution in [0.3, 0.4) is 0 Å². The molecule has 2 rings (SSSR count). The van der Waals surface area contributed by atoms with Gasteiger partial charge in [0.2, 0.25) is 0 Å². The van der Waals surface area contributed by atoms with Gasteiger partial charge in [0.05, 0.1) is 24.4 Å². The predicted octanol–water partition coefficient (Wildman–Crippen LogP) is 4.81. The summed E-state index contributed by atoms with van der Waals surface area (Å²) in [5, 5.41) is 2.29. The number of carbonyl (C=O) groups is 1. The van der Waals surface area contributed by atoms with E-state index in [2.05, 4.69) is 5.32 Å². The fourth-order valence-corrected chi connectivity index (χ4v) is 2.28.